The van der Waals surface area contributed by atoms with Crippen molar-refractivity contribution in [2.45, 2.75) is 19.8 Å². The number of anilines is 1. The van der Waals surface area contributed by atoms with Gasteiger partial charge in [0.05, 0.1) is 0 Å². The van der Waals surface area contributed by atoms with Crippen LogP contribution >= 0.6 is 0 Å². The number of rotatable bonds is 10. The fourth-order valence-electron chi connectivity index (χ4n) is 3.56. The van der Waals surface area contributed by atoms with Gasteiger partial charge < -0.3 is 0 Å². The van der Waals surface area contributed by atoms with Crippen molar-refractivity contribution < 1.29 is 14.3 Å². The van der Waals surface area contributed by atoms with Crippen LogP contribution in [0.25, 0.3) is 11.1 Å². The van der Waals surface area contributed by atoms with E-state index in [4.69, 9.17) is 9.47 Å². The van der Waals surface area contributed by atoms with Crippen LogP contribution in [-0.4, -0.2) is 56.2 Å². The molecule has 0 radical (unpaired) electrons. The molecule has 0 spiro atoms. The quantitative estimate of drug-likeness (QED) is 0.284. The number of nitrogens with one attached hydrogen (secondary N) is 1. The van der Waals surface area contributed by atoms with Gasteiger partial charge in [-0.15, -0.1) is 0 Å². The van der Waals surface area contributed by atoms with Crippen LogP contribution in [-0.2, 0) is 34.1 Å². The number of nitrogens with zero attached hydrogens (tertiary/aromatic N) is 2. The molecule has 4 aromatic rings. The normalized spacial score (nSPS) is 10.8. The summed E-state index contributed by atoms with van der Waals surface area (Å²) in [5, 5.41) is 2.88. The third kappa shape index (κ3) is 7.61. The van der Waals surface area contributed by atoms with Gasteiger partial charge >= 0.3 is 193 Å². The molecule has 3 aromatic carbocycles. The number of amides is 1. The van der Waals surface area contributed by atoms with Crippen molar-refractivity contribution in [2.75, 3.05) is 11.9 Å². The number of ether oxygens (including phenoxy) is 2. The zero-order chi connectivity index (χ0) is 24.5. The van der Waals surface area contributed by atoms with Gasteiger partial charge in [-0.1, -0.05) is 30.3 Å². The number of carbonyl (C=O) groups excluding carboxylic acids is 1. The molecule has 1 heterocycles. The molecule has 8 heteroatoms. The summed E-state index contributed by atoms with van der Waals surface area (Å²) < 4.78 is 13.3. The van der Waals surface area contributed by atoms with Crippen LogP contribution in [0.3, 0.4) is 0 Å². The topological polar surface area (TPSA) is 73.3 Å². The minimum atomic E-state index is -0.191. The summed E-state index contributed by atoms with van der Waals surface area (Å²) in [6, 6.07) is 27.6. The summed E-state index contributed by atoms with van der Waals surface area (Å²) in [6.07, 6.45) is 0. The molecule has 2 unspecified atom stereocenters. The van der Waals surface area contributed by atoms with Crippen molar-refractivity contribution in [3.63, 3.8) is 0 Å². The Morgan fingerprint density at radius 3 is 1.97 bits per heavy atom. The average Bonchev–Trinajstić information content (AvgIpc) is 2.86. The summed E-state index contributed by atoms with van der Waals surface area (Å²) in [4.78, 5) is 21.6. The number of aromatic nitrogens is 2. The SMILES string of the molecule is O=C(COCc1ccccc1)Nc1ccc(-c2c([AsH2])nc([AsH2])nc2COCc2ccccc2)cc1. The van der Waals surface area contributed by atoms with Crippen LogP contribution in [0.2, 0.25) is 0 Å². The van der Waals surface area contributed by atoms with Gasteiger partial charge in [-0.3, -0.25) is 0 Å². The van der Waals surface area contributed by atoms with E-state index in [0.717, 1.165) is 37.0 Å². The molecule has 0 bridgehead atoms. The zero-order valence-electron chi connectivity index (χ0n) is 19.2. The fourth-order valence-corrected chi connectivity index (χ4v) is 5.81. The first kappa shape index (κ1) is 25.3. The van der Waals surface area contributed by atoms with Gasteiger partial charge in [0.2, 0.25) is 0 Å². The number of hydrogen-bond acceptors (Lipinski definition) is 5. The predicted molar refractivity (Wildman–Crippen MR) is 143 cm³/mol. The standard InChI is InChI=1S/C27H27As2N3O3/c28-26-25(23(31-27(29)32-26)17-34-15-19-7-3-1-4-8-19)21-11-13-22(14-12-21)30-24(33)18-35-16-20-9-5-2-6-10-20/h1-14H,15-18,28-29H2,(H,30,33). The Labute approximate surface area is 222 Å². The Morgan fingerprint density at radius 2 is 1.34 bits per heavy atom. The second kappa shape index (κ2) is 12.8. The van der Waals surface area contributed by atoms with Crippen molar-refractivity contribution in [1.29, 1.82) is 0 Å². The van der Waals surface area contributed by atoms with Gasteiger partial charge in [0, 0.05) is 0 Å². The third-order valence-electron chi connectivity index (χ3n) is 5.18. The zero-order valence-corrected chi connectivity index (χ0v) is 24.0. The first-order valence-electron chi connectivity index (χ1n) is 11.1. The molecule has 0 saturated heterocycles. The summed E-state index contributed by atoms with van der Waals surface area (Å²) in [7, 11) is 0. The minimum absolute atomic E-state index is 0.00523. The second-order valence-corrected chi connectivity index (χ2v) is 10.1. The van der Waals surface area contributed by atoms with E-state index in [-0.39, 0.29) is 12.5 Å². The van der Waals surface area contributed by atoms with Crippen molar-refractivity contribution in [2.24, 2.45) is 0 Å². The maximum atomic E-state index is 12.3. The summed E-state index contributed by atoms with van der Waals surface area (Å²) >= 11 is 2.84. The summed E-state index contributed by atoms with van der Waals surface area (Å²) in [6.45, 7) is 1.32. The van der Waals surface area contributed by atoms with E-state index in [1.807, 2.05) is 84.9 Å². The molecule has 1 aromatic heterocycles. The molecule has 1 N–H and O–H groups in total. The number of carbonyl (C=O) groups is 1. The first-order chi connectivity index (χ1) is 17.1. The molecule has 0 aliphatic heterocycles. The molecular formula is C27H27As2N3O3. The van der Waals surface area contributed by atoms with Crippen LogP contribution in [0.15, 0.2) is 84.9 Å². The van der Waals surface area contributed by atoms with E-state index in [1.54, 1.807) is 0 Å². The predicted octanol–water partition coefficient (Wildman–Crippen LogP) is 1.53. The Hall–Kier alpha value is -2.75. The molecule has 4 rings (SSSR count). The van der Waals surface area contributed by atoms with E-state index in [1.165, 1.54) is 33.7 Å². The molecule has 0 saturated carbocycles. The molecular weight excluding hydrogens is 564 g/mol. The van der Waals surface area contributed by atoms with Crippen molar-refractivity contribution >= 4 is 54.4 Å². The molecule has 6 nitrogen and oxygen atoms in total. The van der Waals surface area contributed by atoms with Crippen molar-refractivity contribution in [1.82, 2.24) is 9.97 Å². The van der Waals surface area contributed by atoms with E-state index in [9.17, 15) is 4.79 Å². The monoisotopic (exact) mass is 591 g/mol. The third-order valence-corrected chi connectivity index (χ3v) is 6.60. The van der Waals surface area contributed by atoms with Crippen molar-refractivity contribution in [3.8, 4) is 11.1 Å². The molecule has 1 amide bonds. The van der Waals surface area contributed by atoms with Crippen LogP contribution in [0, 0.1) is 0 Å². The molecule has 178 valence electrons. The summed E-state index contributed by atoms with van der Waals surface area (Å²) in [5.41, 5.74) is 5.73. The van der Waals surface area contributed by atoms with Crippen LogP contribution in [0.5, 0.6) is 0 Å². The van der Waals surface area contributed by atoms with Gasteiger partial charge in [0.15, 0.2) is 0 Å². The maximum absolute atomic E-state index is 12.3. The Kier molecular flexibility index (Phi) is 9.27. The Morgan fingerprint density at radius 1 is 0.743 bits per heavy atom. The summed E-state index contributed by atoms with van der Waals surface area (Å²) in [5.74, 6) is -0.191. The van der Waals surface area contributed by atoms with Gasteiger partial charge in [0.1, 0.15) is 0 Å². The number of benzene rings is 3. The van der Waals surface area contributed by atoms with Crippen LogP contribution in [0.1, 0.15) is 16.8 Å². The van der Waals surface area contributed by atoms with Gasteiger partial charge in [-0.25, -0.2) is 0 Å². The van der Waals surface area contributed by atoms with Crippen LogP contribution < -0.4 is 14.4 Å². The van der Waals surface area contributed by atoms with Gasteiger partial charge in [-0.05, 0) is 0 Å². The second-order valence-electron chi connectivity index (χ2n) is 7.87. The van der Waals surface area contributed by atoms with E-state index >= 15 is 0 Å². The fraction of sp³-hybridized carbons (Fsp3) is 0.148. The molecule has 0 fully saturated rings. The van der Waals surface area contributed by atoms with Crippen molar-refractivity contribution in [3.05, 3.63) is 102 Å². The molecule has 0 aliphatic carbocycles. The van der Waals surface area contributed by atoms with E-state index < -0.39 is 0 Å². The first-order valence-corrected chi connectivity index (χ1v) is 13.6. The molecule has 2 atom stereocenters. The van der Waals surface area contributed by atoms with Gasteiger partial charge in [0.25, 0.3) is 0 Å². The molecule has 35 heavy (non-hydrogen) atoms. The van der Waals surface area contributed by atoms with Crippen LogP contribution in [0.4, 0.5) is 5.69 Å². The Balaban J connectivity index is 1.38. The molecule has 0 aliphatic rings. The van der Waals surface area contributed by atoms with E-state index in [2.05, 4.69) is 15.3 Å². The van der Waals surface area contributed by atoms with E-state index in [0.29, 0.717) is 25.5 Å². The number of hydrogen-bond donors (Lipinski definition) is 1. The van der Waals surface area contributed by atoms with Gasteiger partial charge in [-0.2, -0.15) is 0 Å². The Bertz CT molecular complexity index is 1250. The average molecular weight is 591 g/mol.